The highest BCUT2D eigenvalue weighted by Gasteiger charge is 2.29. The predicted molar refractivity (Wildman–Crippen MR) is 79.9 cm³/mol. The summed E-state index contributed by atoms with van der Waals surface area (Å²) in [6.07, 6.45) is 4.28. The summed E-state index contributed by atoms with van der Waals surface area (Å²) >= 11 is 5.92. The maximum absolute atomic E-state index is 12.2. The van der Waals surface area contributed by atoms with Crippen LogP contribution in [0.2, 0.25) is 5.02 Å². The molecule has 1 aromatic rings. The van der Waals surface area contributed by atoms with Crippen LogP contribution < -0.4 is 0 Å². The van der Waals surface area contributed by atoms with Gasteiger partial charge in [0.15, 0.2) is 5.78 Å². The number of carbonyl (C=O) groups excluding carboxylic acids is 1. The van der Waals surface area contributed by atoms with E-state index in [2.05, 4.69) is 18.7 Å². The third kappa shape index (κ3) is 3.58. The quantitative estimate of drug-likeness (QED) is 0.754. The summed E-state index contributed by atoms with van der Waals surface area (Å²) in [6.45, 7) is 5.36. The number of nitrogens with zero attached hydrogens (tertiary/aromatic N) is 1. The molecule has 0 aromatic heterocycles. The van der Waals surface area contributed by atoms with Crippen LogP contribution in [0.5, 0.6) is 0 Å². The van der Waals surface area contributed by atoms with Crippen molar-refractivity contribution < 1.29 is 4.79 Å². The summed E-state index contributed by atoms with van der Waals surface area (Å²) in [5, 5.41) is 0.631. The van der Waals surface area contributed by atoms with Gasteiger partial charge >= 0.3 is 0 Å². The molecule has 0 amide bonds. The SMILES string of the molecule is CCC1CCC(C)N1CCC(=O)c1cccc(Cl)c1. The molecule has 1 fully saturated rings. The Hall–Kier alpha value is -0.860. The molecule has 1 heterocycles. The van der Waals surface area contributed by atoms with Crippen molar-refractivity contribution in [3.05, 3.63) is 34.9 Å². The number of hydrogen-bond acceptors (Lipinski definition) is 2. The van der Waals surface area contributed by atoms with E-state index < -0.39 is 0 Å². The second-order valence-electron chi connectivity index (χ2n) is 5.41. The molecule has 1 aliphatic heterocycles. The first kappa shape index (κ1) is 14.5. The third-order valence-electron chi connectivity index (χ3n) is 4.17. The van der Waals surface area contributed by atoms with Crippen molar-refractivity contribution in [3.63, 3.8) is 0 Å². The van der Waals surface area contributed by atoms with E-state index in [1.165, 1.54) is 19.3 Å². The first-order chi connectivity index (χ1) is 9.11. The number of rotatable bonds is 5. The lowest BCUT2D eigenvalue weighted by molar-refractivity contribution is 0.0949. The fraction of sp³-hybridized carbons (Fsp3) is 0.562. The van der Waals surface area contributed by atoms with Crippen LogP contribution in [0.1, 0.15) is 49.9 Å². The predicted octanol–water partition coefficient (Wildman–Crippen LogP) is 4.18. The minimum Gasteiger partial charge on any atom is -0.297 e. The zero-order valence-corrected chi connectivity index (χ0v) is 12.5. The van der Waals surface area contributed by atoms with E-state index in [4.69, 9.17) is 11.6 Å². The molecule has 1 saturated heterocycles. The van der Waals surface area contributed by atoms with Gasteiger partial charge in [-0.15, -0.1) is 0 Å². The van der Waals surface area contributed by atoms with Gasteiger partial charge in [-0.1, -0.05) is 30.7 Å². The van der Waals surface area contributed by atoms with Gasteiger partial charge in [0.25, 0.3) is 0 Å². The zero-order valence-electron chi connectivity index (χ0n) is 11.7. The second-order valence-corrected chi connectivity index (χ2v) is 5.85. The molecule has 2 rings (SSSR count). The Morgan fingerprint density at radius 2 is 2.21 bits per heavy atom. The van der Waals surface area contributed by atoms with Crippen molar-refractivity contribution in [3.8, 4) is 0 Å². The Labute approximate surface area is 120 Å². The fourth-order valence-electron chi connectivity index (χ4n) is 3.00. The Morgan fingerprint density at radius 1 is 1.42 bits per heavy atom. The van der Waals surface area contributed by atoms with Crippen LogP contribution in [0.4, 0.5) is 0 Å². The minimum absolute atomic E-state index is 0.191. The summed E-state index contributed by atoms with van der Waals surface area (Å²) in [6, 6.07) is 8.50. The number of likely N-dealkylation sites (tertiary alicyclic amines) is 1. The third-order valence-corrected chi connectivity index (χ3v) is 4.40. The molecule has 1 aliphatic rings. The highest BCUT2D eigenvalue weighted by Crippen LogP contribution is 2.26. The number of Topliss-reactive ketones (excluding diaryl/α,β-unsaturated/α-hetero) is 1. The molecule has 0 spiro atoms. The molecule has 1 aromatic carbocycles. The van der Waals surface area contributed by atoms with E-state index in [0.29, 0.717) is 23.5 Å². The second kappa shape index (κ2) is 6.53. The maximum Gasteiger partial charge on any atom is 0.164 e. The van der Waals surface area contributed by atoms with Gasteiger partial charge in [-0.3, -0.25) is 9.69 Å². The molecule has 2 nitrogen and oxygen atoms in total. The average molecular weight is 280 g/mol. The van der Waals surface area contributed by atoms with Crippen molar-refractivity contribution in [2.75, 3.05) is 6.54 Å². The fourth-order valence-corrected chi connectivity index (χ4v) is 3.19. The summed E-state index contributed by atoms with van der Waals surface area (Å²) in [5.41, 5.74) is 0.729. The molecular weight excluding hydrogens is 258 g/mol. The summed E-state index contributed by atoms with van der Waals surface area (Å²) < 4.78 is 0. The molecule has 0 radical (unpaired) electrons. The number of ketones is 1. The standard InChI is InChI=1S/C16H22ClNO/c1-3-15-8-7-12(2)18(15)10-9-16(19)13-5-4-6-14(17)11-13/h4-6,11-12,15H,3,7-10H2,1-2H3. The zero-order chi connectivity index (χ0) is 13.8. The molecular formula is C16H22ClNO. The summed E-state index contributed by atoms with van der Waals surface area (Å²) in [4.78, 5) is 14.7. The lowest BCUT2D eigenvalue weighted by Crippen LogP contribution is -2.35. The molecule has 2 atom stereocenters. The lowest BCUT2D eigenvalue weighted by atomic mass is 10.1. The molecule has 0 saturated carbocycles. The van der Waals surface area contributed by atoms with E-state index in [1.807, 2.05) is 12.1 Å². The molecule has 19 heavy (non-hydrogen) atoms. The van der Waals surface area contributed by atoms with E-state index in [9.17, 15) is 4.79 Å². The molecule has 3 heteroatoms. The normalized spacial score (nSPS) is 23.7. The summed E-state index contributed by atoms with van der Waals surface area (Å²) in [7, 11) is 0. The van der Waals surface area contributed by atoms with Gasteiger partial charge in [-0.25, -0.2) is 0 Å². The monoisotopic (exact) mass is 279 g/mol. The smallest absolute Gasteiger partial charge is 0.164 e. The van der Waals surface area contributed by atoms with Crippen molar-refractivity contribution >= 4 is 17.4 Å². The van der Waals surface area contributed by atoms with Gasteiger partial charge in [0.05, 0.1) is 0 Å². The maximum atomic E-state index is 12.2. The van der Waals surface area contributed by atoms with E-state index in [1.54, 1.807) is 12.1 Å². The molecule has 2 unspecified atom stereocenters. The first-order valence-electron chi connectivity index (χ1n) is 7.16. The van der Waals surface area contributed by atoms with Gasteiger partial charge in [-0.05, 0) is 38.3 Å². The van der Waals surface area contributed by atoms with Gasteiger partial charge in [0, 0.05) is 35.6 Å². The Kier molecular flexibility index (Phi) is 5.00. The van der Waals surface area contributed by atoms with Crippen molar-refractivity contribution in [1.82, 2.24) is 4.90 Å². The number of halogens is 1. The van der Waals surface area contributed by atoms with Crippen LogP contribution in [0.15, 0.2) is 24.3 Å². The summed E-state index contributed by atoms with van der Waals surface area (Å²) in [5.74, 6) is 0.191. The highest BCUT2D eigenvalue weighted by atomic mass is 35.5. The van der Waals surface area contributed by atoms with Gasteiger partial charge in [0.1, 0.15) is 0 Å². The Balaban J connectivity index is 1.93. The molecule has 0 N–H and O–H groups in total. The number of hydrogen-bond donors (Lipinski definition) is 0. The number of benzene rings is 1. The molecule has 0 bridgehead atoms. The average Bonchev–Trinajstić information content (AvgIpc) is 2.76. The largest absolute Gasteiger partial charge is 0.297 e. The van der Waals surface area contributed by atoms with Crippen LogP contribution in [0.25, 0.3) is 0 Å². The van der Waals surface area contributed by atoms with Gasteiger partial charge in [0.2, 0.25) is 0 Å². The van der Waals surface area contributed by atoms with Crippen LogP contribution in [-0.4, -0.2) is 29.3 Å². The van der Waals surface area contributed by atoms with Crippen molar-refractivity contribution in [2.24, 2.45) is 0 Å². The Bertz CT molecular complexity index is 446. The van der Waals surface area contributed by atoms with Crippen molar-refractivity contribution in [2.45, 2.75) is 51.6 Å². The Morgan fingerprint density at radius 3 is 2.89 bits per heavy atom. The number of carbonyl (C=O) groups is 1. The van der Waals surface area contributed by atoms with Crippen LogP contribution in [0.3, 0.4) is 0 Å². The van der Waals surface area contributed by atoms with E-state index in [-0.39, 0.29) is 5.78 Å². The minimum atomic E-state index is 0.191. The van der Waals surface area contributed by atoms with Gasteiger partial charge in [-0.2, -0.15) is 0 Å². The molecule has 0 aliphatic carbocycles. The van der Waals surface area contributed by atoms with Crippen molar-refractivity contribution in [1.29, 1.82) is 0 Å². The van der Waals surface area contributed by atoms with E-state index >= 15 is 0 Å². The van der Waals surface area contributed by atoms with Crippen LogP contribution in [0, 0.1) is 0 Å². The van der Waals surface area contributed by atoms with Crippen LogP contribution in [-0.2, 0) is 0 Å². The topological polar surface area (TPSA) is 20.3 Å². The lowest BCUT2D eigenvalue weighted by Gasteiger charge is -2.27. The first-order valence-corrected chi connectivity index (χ1v) is 7.54. The molecule has 104 valence electrons. The highest BCUT2D eigenvalue weighted by molar-refractivity contribution is 6.31. The van der Waals surface area contributed by atoms with Gasteiger partial charge < -0.3 is 0 Å². The van der Waals surface area contributed by atoms with E-state index in [0.717, 1.165) is 12.1 Å². The van der Waals surface area contributed by atoms with Crippen LogP contribution >= 0.6 is 11.6 Å².